The van der Waals surface area contributed by atoms with E-state index < -0.39 is 0 Å². The predicted octanol–water partition coefficient (Wildman–Crippen LogP) is 4.26. The molecule has 0 saturated heterocycles. The summed E-state index contributed by atoms with van der Waals surface area (Å²) in [5.41, 5.74) is 4.32. The number of Topliss-reactive ketones (excluding diaryl/α,β-unsaturated/α-hetero) is 1. The van der Waals surface area contributed by atoms with Crippen LogP contribution in [0.4, 0.5) is 11.4 Å². The van der Waals surface area contributed by atoms with Gasteiger partial charge < -0.3 is 4.90 Å². The van der Waals surface area contributed by atoms with Crippen LogP contribution in [0.3, 0.4) is 0 Å². The van der Waals surface area contributed by atoms with E-state index in [9.17, 15) is 4.79 Å². The van der Waals surface area contributed by atoms with Gasteiger partial charge in [-0.3, -0.25) is 9.78 Å². The molecular weight excluding hydrogens is 308 g/mol. The predicted molar refractivity (Wildman–Crippen MR) is 101 cm³/mol. The Hall–Kier alpha value is -3.38. The van der Waals surface area contributed by atoms with Crippen LogP contribution in [0.1, 0.15) is 21.5 Å². The molecule has 3 heteroatoms. The van der Waals surface area contributed by atoms with E-state index >= 15 is 0 Å². The van der Waals surface area contributed by atoms with Crippen LogP contribution in [-0.4, -0.2) is 17.8 Å². The van der Waals surface area contributed by atoms with Gasteiger partial charge >= 0.3 is 0 Å². The topological polar surface area (TPSA) is 33.2 Å². The molecule has 3 rings (SSSR count). The first-order valence-corrected chi connectivity index (χ1v) is 8.00. The van der Waals surface area contributed by atoms with Gasteiger partial charge in [0.05, 0.1) is 11.9 Å². The number of aromatic nitrogens is 1. The summed E-state index contributed by atoms with van der Waals surface area (Å²) in [4.78, 5) is 18.7. The van der Waals surface area contributed by atoms with Crippen molar-refractivity contribution in [1.29, 1.82) is 0 Å². The number of carbonyl (C=O) groups excluding carboxylic acids is 1. The van der Waals surface area contributed by atoms with Crippen LogP contribution in [0.25, 0.3) is 0 Å². The van der Waals surface area contributed by atoms with Gasteiger partial charge in [-0.2, -0.15) is 0 Å². The Labute approximate surface area is 148 Å². The van der Waals surface area contributed by atoms with Crippen molar-refractivity contribution in [3.8, 4) is 12.3 Å². The van der Waals surface area contributed by atoms with Crippen LogP contribution < -0.4 is 4.90 Å². The monoisotopic (exact) mass is 326 g/mol. The zero-order valence-corrected chi connectivity index (χ0v) is 14.0. The second kappa shape index (κ2) is 7.46. The van der Waals surface area contributed by atoms with Crippen molar-refractivity contribution in [2.75, 3.05) is 11.9 Å². The Morgan fingerprint density at radius 3 is 2.64 bits per heavy atom. The van der Waals surface area contributed by atoms with Gasteiger partial charge in [0, 0.05) is 36.5 Å². The largest absolute Gasteiger partial charge is 0.343 e. The van der Waals surface area contributed by atoms with Crippen LogP contribution in [-0.2, 0) is 6.42 Å². The number of terminal acetylenes is 1. The van der Waals surface area contributed by atoms with Gasteiger partial charge in [0.25, 0.3) is 0 Å². The average Bonchev–Trinajstić information content (AvgIpc) is 2.68. The number of nitrogens with zero attached hydrogens (tertiary/aromatic N) is 2. The number of anilines is 2. The first kappa shape index (κ1) is 16.5. The highest BCUT2D eigenvalue weighted by Crippen LogP contribution is 2.23. The van der Waals surface area contributed by atoms with Crippen molar-refractivity contribution in [2.45, 2.75) is 6.42 Å². The molecule has 3 aromatic rings. The molecular formula is C22H18N2O. The fraction of sp³-hybridized carbons (Fsp3) is 0.0909. The van der Waals surface area contributed by atoms with E-state index in [0.29, 0.717) is 12.0 Å². The van der Waals surface area contributed by atoms with Crippen molar-refractivity contribution in [3.63, 3.8) is 0 Å². The first-order valence-electron chi connectivity index (χ1n) is 8.00. The molecule has 0 aliphatic carbocycles. The van der Waals surface area contributed by atoms with Gasteiger partial charge in [0.1, 0.15) is 0 Å². The van der Waals surface area contributed by atoms with E-state index in [2.05, 4.69) is 10.9 Å². The zero-order valence-electron chi connectivity index (χ0n) is 14.0. The van der Waals surface area contributed by atoms with E-state index in [0.717, 1.165) is 22.5 Å². The molecule has 0 atom stereocenters. The third-order valence-corrected chi connectivity index (χ3v) is 4.05. The number of hydrogen-bond acceptors (Lipinski definition) is 3. The highest BCUT2D eigenvalue weighted by molar-refractivity contribution is 5.97. The van der Waals surface area contributed by atoms with Crippen molar-refractivity contribution in [2.24, 2.45) is 0 Å². The third kappa shape index (κ3) is 3.94. The van der Waals surface area contributed by atoms with E-state index in [1.165, 1.54) is 0 Å². The lowest BCUT2D eigenvalue weighted by atomic mass is 10.0. The number of rotatable bonds is 5. The molecule has 25 heavy (non-hydrogen) atoms. The smallest absolute Gasteiger partial charge is 0.167 e. The number of pyridine rings is 1. The standard InChI is InChI=1S/C22H18N2O/c1-3-17-7-4-9-19(13-17)22(25)15-18-8-5-10-20(14-18)24(2)21-11-6-12-23-16-21/h1,4-14,16H,15H2,2H3. The molecule has 1 aromatic heterocycles. The second-order valence-corrected chi connectivity index (χ2v) is 5.77. The minimum absolute atomic E-state index is 0.0540. The van der Waals surface area contributed by atoms with Crippen molar-refractivity contribution < 1.29 is 4.79 Å². The fourth-order valence-electron chi connectivity index (χ4n) is 2.65. The lowest BCUT2D eigenvalue weighted by Crippen LogP contribution is -2.10. The molecule has 3 nitrogen and oxygen atoms in total. The molecule has 2 aromatic carbocycles. The Morgan fingerprint density at radius 1 is 1.08 bits per heavy atom. The summed E-state index contributed by atoms with van der Waals surface area (Å²) in [5.74, 6) is 2.62. The van der Waals surface area contributed by atoms with Crippen molar-refractivity contribution in [3.05, 3.63) is 89.7 Å². The Kier molecular flexibility index (Phi) is 4.92. The second-order valence-electron chi connectivity index (χ2n) is 5.77. The quantitative estimate of drug-likeness (QED) is 0.519. The minimum Gasteiger partial charge on any atom is -0.343 e. The molecule has 0 unspecified atom stereocenters. The maximum atomic E-state index is 12.5. The number of benzene rings is 2. The normalized spacial score (nSPS) is 10.1. The van der Waals surface area contributed by atoms with Gasteiger partial charge in [-0.25, -0.2) is 0 Å². The van der Waals surface area contributed by atoms with E-state index in [1.54, 1.807) is 18.3 Å². The van der Waals surface area contributed by atoms with Crippen LogP contribution in [0.2, 0.25) is 0 Å². The van der Waals surface area contributed by atoms with Gasteiger partial charge in [0.2, 0.25) is 0 Å². The molecule has 0 fully saturated rings. The summed E-state index contributed by atoms with van der Waals surface area (Å²) in [6, 6.07) is 19.0. The van der Waals surface area contributed by atoms with Gasteiger partial charge in [-0.1, -0.05) is 30.2 Å². The molecule has 0 radical (unpaired) electrons. The number of hydrogen-bond donors (Lipinski definition) is 0. The maximum Gasteiger partial charge on any atom is 0.167 e. The Bertz CT molecular complexity index is 926. The van der Waals surface area contributed by atoms with Crippen molar-refractivity contribution in [1.82, 2.24) is 4.98 Å². The molecule has 0 bridgehead atoms. The van der Waals surface area contributed by atoms with Gasteiger partial charge in [-0.05, 0) is 42.0 Å². The number of carbonyl (C=O) groups is 1. The fourth-order valence-corrected chi connectivity index (χ4v) is 2.65. The highest BCUT2D eigenvalue weighted by atomic mass is 16.1. The summed E-state index contributed by atoms with van der Waals surface area (Å²) in [7, 11) is 1.98. The van der Waals surface area contributed by atoms with Gasteiger partial charge in [0.15, 0.2) is 5.78 Å². The molecule has 0 amide bonds. The summed E-state index contributed by atoms with van der Waals surface area (Å²) < 4.78 is 0. The lowest BCUT2D eigenvalue weighted by molar-refractivity contribution is 0.0993. The lowest BCUT2D eigenvalue weighted by Gasteiger charge is -2.19. The van der Waals surface area contributed by atoms with Gasteiger partial charge in [-0.15, -0.1) is 6.42 Å². The minimum atomic E-state index is 0.0540. The molecule has 1 heterocycles. The molecule has 0 saturated carbocycles. The van der Waals surface area contributed by atoms with E-state index in [-0.39, 0.29) is 5.78 Å². The van der Waals surface area contributed by atoms with Crippen LogP contribution in [0.5, 0.6) is 0 Å². The summed E-state index contributed by atoms with van der Waals surface area (Å²) >= 11 is 0. The van der Waals surface area contributed by atoms with E-state index in [1.807, 2.05) is 66.7 Å². The Balaban J connectivity index is 1.80. The SMILES string of the molecule is C#Cc1cccc(C(=O)Cc2cccc(N(C)c3cccnc3)c2)c1. The molecule has 122 valence electrons. The summed E-state index contributed by atoms with van der Waals surface area (Å²) in [6.07, 6.45) is 9.30. The van der Waals surface area contributed by atoms with Crippen molar-refractivity contribution >= 4 is 17.2 Å². The molecule has 0 spiro atoms. The van der Waals surface area contributed by atoms with Crippen LogP contribution >= 0.6 is 0 Å². The van der Waals surface area contributed by atoms with E-state index in [4.69, 9.17) is 6.42 Å². The molecule has 0 N–H and O–H groups in total. The molecule has 0 aliphatic heterocycles. The molecule has 0 aliphatic rings. The number of ketones is 1. The average molecular weight is 326 g/mol. The van der Waals surface area contributed by atoms with Crippen LogP contribution in [0.15, 0.2) is 73.1 Å². The Morgan fingerprint density at radius 2 is 1.88 bits per heavy atom. The zero-order chi connectivity index (χ0) is 17.6. The summed E-state index contributed by atoms with van der Waals surface area (Å²) in [5, 5.41) is 0. The third-order valence-electron chi connectivity index (χ3n) is 4.05. The highest BCUT2D eigenvalue weighted by Gasteiger charge is 2.10. The maximum absolute atomic E-state index is 12.5. The van der Waals surface area contributed by atoms with Crippen LogP contribution in [0, 0.1) is 12.3 Å². The first-order chi connectivity index (χ1) is 12.2. The summed E-state index contributed by atoms with van der Waals surface area (Å²) in [6.45, 7) is 0.